The molecular formula is C15H21FN2O2. The zero-order valence-corrected chi connectivity index (χ0v) is 12.1. The summed E-state index contributed by atoms with van der Waals surface area (Å²) in [7, 11) is 0. The highest BCUT2D eigenvalue weighted by Gasteiger charge is 2.25. The van der Waals surface area contributed by atoms with Gasteiger partial charge in [0.2, 0.25) is 5.91 Å². The molecule has 0 bridgehead atoms. The Bertz CT molecular complexity index is 509. The molecule has 0 aliphatic carbocycles. The van der Waals surface area contributed by atoms with Crippen LogP contribution in [0.2, 0.25) is 0 Å². The maximum Gasteiger partial charge on any atom is 0.248 e. The molecule has 1 amide bonds. The fraction of sp³-hybridized carbons (Fsp3) is 0.533. The summed E-state index contributed by atoms with van der Waals surface area (Å²) in [6, 6.07) is 3.00. The predicted octanol–water partition coefficient (Wildman–Crippen LogP) is 2.60. The molecule has 0 radical (unpaired) electrons. The number of ether oxygens (including phenoxy) is 1. The van der Waals surface area contributed by atoms with Gasteiger partial charge in [-0.05, 0) is 45.7 Å². The molecule has 2 rings (SSSR count). The number of nitrogens with two attached hydrogens (primary N) is 1. The van der Waals surface area contributed by atoms with Gasteiger partial charge in [-0.3, -0.25) is 4.79 Å². The van der Waals surface area contributed by atoms with Crippen molar-refractivity contribution in [1.29, 1.82) is 0 Å². The summed E-state index contributed by atoms with van der Waals surface area (Å²) >= 11 is 0. The Morgan fingerprint density at radius 1 is 1.35 bits per heavy atom. The van der Waals surface area contributed by atoms with Crippen LogP contribution in [0.15, 0.2) is 12.1 Å². The summed E-state index contributed by atoms with van der Waals surface area (Å²) in [6.07, 6.45) is 2.04. The second-order valence-electron chi connectivity index (χ2n) is 5.56. The number of carbonyl (C=O) groups is 1. The largest absolute Gasteiger partial charge is 0.382 e. The lowest BCUT2D eigenvalue weighted by atomic mass is 9.98. The van der Waals surface area contributed by atoms with E-state index in [0.717, 1.165) is 12.8 Å². The Morgan fingerprint density at radius 3 is 2.50 bits per heavy atom. The van der Waals surface area contributed by atoms with Crippen molar-refractivity contribution in [3.63, 3.8) is 0 Å². The van der Waals surface area contributed by atoms with E-state index in [2.05, 4.69) is 5.32 Å². The van der Waals surface area contributed by atoms with Gasteiger partial charge < -0.3 is 15.8 Å². The quantitative estimate of drug-likeness (QED) is 0.894. The Kier molecular flexibility index (Phi) is 4.28. The summed E-state index contributed by atoms with van der Waals surface area (Å²) in [6.45, 7) is 5.74. The van der Waals surface area contributed by atoms with Gasteiger partial charge >= 0.3 is 0 Å². The molecule has 4 nitrogen and oxygen atoms in total. The third-order valence-electron chi connectivity index (χ3n) is 3.69. The molecular weight excluding hydrogens is 259 g/mol. The Morgan fingerprint density at radius 2 is 1.95 bits per heavy atom. The van der Waals surface area contributed by atoms with E-state index in [1.807, 2.05) is 13.8 Å². The monoisotopic (exact) mass is 280 g/mol. The first-order chi connectivity index (χ1) is 9.36. The second kappa shape index (κ2) is 5.79. The summed E-state index contributed by atoms with van der Waals surface area (Å²) in [5.41, 5.74) is 6.54. The lowest BCUT2D eigenvalue weighted by Crippen LogP contribution is -2.37. The average Bonchev–Trinajstić information content (AvgIpc) is 2.33. The maximum atomic E-state index is 13.8. The van der Waals surface area contributed by atoms with Gasteiger partial charge in [-0.1, -0.05) is 0 Å². The van der Waals surface area contributed by atoms with Crippen molar-refractivity contribution in [3.05, 3.63) is 29.1 Å². The summed E-state index contributed by atoms with van der Waals surface area (Å²) < 4.78 is 19.5. The molecule has 1 aromatic rings. The van der Waals surface area contributed by atoms with E-state index in [1.54, 1.807) is 13.0 Å². The molecule has 1 aliphatic heterocycles. The Balaban J connectivity index is 2.22. The highest BCUT2D eigenvalue weighted by Crippen LogP contribution is 2.26. The SMILES string of the molecule is Cc1c(F)cc(C(N)=O)cc1NC1CC(C)OC(C)C1. The van der Waals surface area contributed by atoms with Gasteiger partial charge in [0.25, 0.3) is 0 Å². The second-order valence-corrected chi connectivity index (χ2v) is 5.56. The van der Waals surface area contributed by atoms with Gasteiger partial charge in [0, 0.05) is 22.9 Å². The first-order valence-electron chi connectivity index (χ1n) is 6.88. The third-order valence-corrected chi connectivity index (χ3v) is 3.69. The number of primary amides is 1. The van der Waals surface area contributed by atoms with Crippen LogP contribution in [-0.4, -0.2) is 24.2 Å². The van der Waals surface area contributed by atoms with Gasteiger partial charge in [-0.2, -0.15) is 0 Å². The zero-order valence-electron chi connectivity index (χ0n) is 12.1. The van der Waals surface area contributed by atoms with Gasteiger partial charge in [0.05, 0.1) is 12.2 Å². The minimum Gasteiger partial charge on any atom is -0.382 e. The van der Waals surface area contributed by atoms with Crippen LogP contribution in [-0.2, 0) is 4.74 Å². The zero-order chi connectivity index (χ0) is 14.9. The lowest BCUT2D eigenvalue weighted by molar-refractivity contribution is -0.0337. The number of hydrogen-bond acceptors (Lipinski definition) is 3. The normalized spacial score (nSPS) is 26.3. The molecule has 1 fully saturated rings. The number of rotatable bonds is 3. The Hall–Kier alpha value is -1.62. The van der Waals surface area contributed by atoms with E-state index < -0.39 is 11.7 Å². The van der Waals surface area contributed by atoms with Crippen molar-refractivity contribution in [2.45, 2.75) is 51.9 Å². The lowest BCUT2D eigenvalue weighted by Gasteiger charge is -2.33. The summed E-state index contributed by atoms with van der Waals surface area (Å²) in [5.74, 6) is -1.04. The highest BCUT2D eigenvalue weighted by atomic mass is 19.1. The van der Waals surface area contributed by atoms with Crippen LogP contribution in [0.4, 0.5) is 10.1 Å². The van der Waals surface area contributed by atoms with Crippen molar-refractivity contribution in [3.8, 4) is 0 Å². The number of hydrogen-bond donors (Lipinski definition) is 2. The molecule has 1 aromatic carbocycles. The standard InChI is InChI=1S/C15H21FN2O2/c1-8-4-12(5-9(2)20-8)18-14-7-11(15(17)19)6-13(16)10(14)3/h6-9,12,18H,4-5H2,1-3H3,(H2,17,19). The molecule has 2 unspecified atom stereocenters. The van der Waals surface area contributed by atoms with Crippen LogP contribution in [0.25, 0.3) is 0 Å². The smallest absolute Gasteiger partial charge is 0.248 e. The van der Waals surface area contributed by atoms with E-state index in [1.165, 1.54) is 6.07 Å². The van der Waals surface area contributed by atoms with Crippen LogP contribution in [0.5, 0.6) is 0 Å². The number of carbonyl (C=O) groups excluding carboxylic acids is 1. The van der Waals surface area contributed by atoms with Crippen molar-refractivity contribution >= 4 is 11.6 Å². The van der Waals surface area contributed by atoms with Gasteiger partial charge in [0.15, 0.2) is 0 Å². The summed E-state index contributed by atoms with van der Waals surface area (Å²) in [4.78, 5) is 11.2. The van der Waals surface area contributed by atoms with Crippen molar-refractivity contribution in [2.75, 3.05) is 5.32 Å². The van der Waals surface area contributed by atoms with E-state index in [0.29, 0.717) is 11.3 Å². The molecule has 2 atom stereocenters. The topological polar surface area (TPSA) is 64.4 Å². The average molecular weight is 280 g/mol. The number of halogens is 1. The number of amides is 1. The first-order valence-corrected chi connectivity index (χ1v) is 6.88. The minimum absolute atomic E-state index is 0.167. The molecule has 20 heavy (non-hydrogen) atoms. The fourth-order valence-electron chi connectivity index (χ4n) is 2.71. The third kappa shape index (κ3) is 3.28. The summed E-state index contributed by atoms with van der Waals surface area (Å²) in [5, 5.41) is 3.32. The Labute approximate surface area is 118 Å². The number of nitrogens with one attached hydrogen (secondary N) is 1. The van der Waals surface area contributed by atoms with E-state index >= 15 is 0 Å². The van der Waals surface area contributed by atoms with E-state index in [-0.39, 0.29) is 23.8 Å². The van der Waals surface area contributed by atoms with E-state index in [4.69, 9.17) is 10.5 Å². The molecule has 0 aromatic heterocycles. The first kappa shape index (κ1) is 14.8. The highest BCUT2D eigenvalue weighted by molar-refractivity contribution is 5.94. The van der Waals surface area contributed by atoms with Crippen molar-refractivity contribution < 1.29 is 13.9 Å². The van der Waals surface area contributed by atoms with Crippen LogP contribution in [0, 0.1) is 12.7 Å². The number of benzene rings is 1. The van der Waals surface area contributed by atoms with Crippen molar-refractivity contribution in [2.24, 2.45) is 5.73 Å². The molecule has 0 saturated carbocycles. The predicted molar refractivity (Wildman–Crippen MR) is 76.3 cm³/mol. The maximum absolute atomic E-state index is 13.8. The van der Waals surface area contributed by atoms with E-state index in [9.17, 15) is 9.18 Å². The van der Waals surface area contributed by atoms with Crippen LogP contribution < -0.4 is 11.1 Å². The van der Waals surface area contributed by atoms with Crippen LogP contribution in [0.1, 0.15) is 42.6 Å². The van der Waals surface area contributed by atoms with Gasteiger partial charge in [-0.25, -0.2) is 4.39 Å². The molecule has 1 heterocycles. The fourth-order valence-corrected chi connectivity index (χ4v) is 2.71. The molecule has 1 saturated heterocycles. The molecule has 3 N–H and O–H groups in total. The minimum atomic E-state index is -0.624. The van der Waals surface area contributed by atoms with Gasteiger partial charge in [-0.15, -0.1) is 0 Å². The van der Waals surface area contributed by atoms with Crippen LogP contribution >= 0.6 is 0 Å². The molecule has 0 spiro atoms. The van der Waals surface area contributed by atoms with Gasteiger partial charge in [0.1, 0.15) is 5.82 Å². The molecule has 1 aliphatic rings. The van der Waals surface area contributed by atoms with Crippen LogP contribution in [0.3, 0.4) is 0 Å². The van der Waals surface area contributed by atoms with Crippen molar-refractivity contribution in [1.82, 2.24) is 0 Å². The molecule has 5 heteroatoms. The molecule has 110 valence electrons. The number of anilines is 1.